The normalized spacial score (nSPS) is 27.5. The molecule has 2 heterocycles. The quantitative estimate of drug-likeness (QED) is 0.895. The lowest BCUT2D eigenvalue weighted by Gasteiger charge is -2.36. The van der Waals surface area contributed by atoms with Crippen LogP contribution in [0.1, 0.15) is 63.6 Å². The van der Waals surface area contributed by atoms with E-state index in [4.69, 9.17) is 4.98 Å². The molecule has 1 aliphatic carbocycles. The molecule has 1 fully saturated rings. The summed E-state index contributed by atoms with van der Waals surface area (Å²) in [6, 6.07) is 0.483. The van der Waals surface area contributed by atoms with Crippen LogP contribution in [0.4, 0.5) is 5.13 Å². The zero-order valence-electron chi connectivity index (χ0n) is 14.1. The molecule has 0 radical (unpaired) electrons. The lowest BCUT2D eigenvalue weighted by atomic mass is 9.76. The Kier molecular flexibility index (Phi) is 3.81. The Bertz CT molecular complexity index is 508. The number of nitrogens with zero attached hydrogens (tertiary/aromatic N) is 2. The third-order valence-electron chi connectivity index (χ3n) is 5.17. The molecule has 0 aromatic carbocycles. The molecule has 3 nitrogen and oxygen atoms in total. The van der Waals surface area contributed by atoms with Crippen LogP contribution < -0.4 is 10.2 Å². The smallest absolute Gasteiger partial charge is 0.185 e. The van der Waals surface area contributed by atoms with Crippen molar-refractivity contribution in [1.29, 1.82) is 0 Å². The number of hydrogen-bond acceptors (Lipinski definition) is 4. The minimum atomic E-state index is 0.357. The molecule has 0 saturated carbocycles. The first-order valence-electron chi connectivity index (χ1n) is 8.21. The van der Waals surface area contributed by atoms with Gasteiger partial charge in [0.25, 0.3) is 0 Å². The van der Waals surface area contributed by atoms with Crippen LogP contribution in [0, 0.1) is 10.8 Å². The maximum absolute atomic E-state index is 5.02. The molecular weight excluding hydrogens is 278 g/mol. The molecule has 1 atom stereocenters. The second kappa shape index (κ2) is 5.24. The molecule has 1 aromatic heterocycles. The third-order valence-corrected chi connectivity index (χ3v) is 6.44. The minimum Gasteiger partial charge on any atom is -0.348 e. The maximum Gasteiger partial charge on any atom is 0.185 e. The molecule has 1 aromatic rings. The van der Waals surface area contributed by atoms with Crippen molar-refractivity contribution >= 4 is 16.5 Å². The van der Waals surface area contributed by atoms with E-state index < -0.39 is 0 Å². The summed E-state index contributed by atoms with van der Waals surface area (Å²) in [5.74, 6) is 0. The van der Waals surface area contributed by atoms with E-state index in [0.29, 0.717) is 16.9 Å². The second-order valence-corrected chi connectivity index (χ2v) is 9.35. The number of rotatable bonds is 2. The van der Waals surface area contributed by atoms with E-state index in [9.17, 15) is 0 Å². The molecule has 118 valence electrons. The molecular formula is C17H29N3S. The number of aromatic nitrogens is 1. The van der Waals surface area contributed by atoms with Crippen molar-refractivity contribution in [2.75, 3.05) is 25.0 Å². The molecule has 21 heavy (non-hydrogen) atoms. The van der Waals surface area contributed by atoms with Crippen molar-refractivity contribution in [2.45, 2.75) is 59.4 Å². The molecule has 1 N–H and O–H groups in total. The van der Waals surface area contributed by atoms with Gasteiger partial charge in [-0.05, 0) is 43.6 Å². The van der Waals surface area contributed by atoms with Gasteiger partial charge < -0.3 is 10.2 Å². The molecule has 0 bridgehead atoms. The highest BCUT2D eigenvalue weighted by Gasteiger charge is 2.35. The summed E-state index contributed by atoms with van der Waals surface area (Å²) in [6.07, 6.45) is 4.89. The summed E-state index contributed by atoms with van der Waals surface area (Å²) < 4.78 is 0. The van der Waals surface area contributed by atoms with Crippen molar-refractivity contribution in [3.63, 3.8) is 0 Å². The average molecular weight is 308 g/mol. The first-order valence-corrected chi connectivity index (χ1v) is 9.03. The standard InChI is InChI=1S/C17H29N3S/c1-16(2)6-8-20(9-7-16)15-19-13-11-17(3,4)10-12(18-5)14(13)21-15/h12,18H,6-11H2,1-5H3. The van der Waals surface area contributed by atoms with Crippen molar-refractivity contribution in [1.82, 2.24) is 10.3 Å². The van der Waals surface area contributed by atoms with Crippen molar-refractivity contribution in [3.05, 3.63) is 10.6 Å². The van der Waals surface area contributed by atoms with E-state index in [1.165, 1.54) is 35.0 Å². The number of thiazole rings is 1. The van der Waals surface area contributed by atoms with Gasteiger partial charge in [0.15, 0.2) is 5.13 Å². The Labute approximate surface area is 133 Å². The maximum atomic E-state index is 5.02. The van der Waals surface area contributed by atoms with Crippen LogP contribution in [-0.2, 0) is 6.42 Å². The number of hydrogen-bond donors (Lipinski definition) is 1. The molecule has 0 amide bonds. The Morgan fingerprint density at radius 2 is 1.81 bits per heavy atom. The third kappa shape index (κ3) is 3.11. The summed E-state index contributed by atoms with van der Waals surface area (Å²) >= 11 is 1.93. The van der Waals surface area contributed by atoms with E-state index in [0.717, 1.165) is 19.5 Å². The average Bonchev–Trinajstić information content (AvgIpc) is 2.79. The van der Waals surface area contributed by atoms with E-state index in [-0.39, 0.29) is 0 Å². The molecule has 0 spiro atoms. The number of fused-ring (bicyclic) bond motifs is 1. The Morgan fingerprint density at radius 3 is 2.43 bits per heavy atom. The Balaban J connectivity index is 1.82. The van der Waals surface area contributed by atoms with Gasteiger partial charge in [-0.1, -0.05) is 39.0 Å². The number of anilines is 1. The van der Waals surface area contributed by atoms with Crippen molar-refractivity contribution in [3.8, 4) is 0 Å². The van der Waals surface area contributed by atoms with Crippen LogP contribution in [0.15, 0.2) is 0 Å². The Morgan fingerprint density at radius 1 is 1.14 bits per heavy atom. The van der Waals surface area contributed by atoms with Gasteiger partial charge in [0.2, 0.25) is 0 Å². The first-order chi connectivity index (χ1) is 9.80. The summed E-state index contributed by atoms with van der Waals surface area (Å²) in [7, 11) is 2.08. The molecule has 4 heteroatoms. The molecule has 1 aliphatic heterocycles. The summed E-state index contributed by atoms with van der Waals surface area (Å²) in [6.45, 7) is 11.8. The van der Waals surface area contributed by atoms with Crippen LogP contribution in [0.3, 0.4) is 0 Å². The van der Waals surface area contributed by atoms with Gasteiger partial charge in [-0.25, -0.2) is 4.98 Å². The topological polar surface area (TPSA) is 28.2 Å². The fourth-order valence-electron chi connectivity index (χ4n) is 3.59. The van der Waals surface area contributed by atoms with E-state index in [1.807, 2.05) is 11.3 Å². The lowest BCUT2D eigenvalue weighted by Crippen LogP contribution is -2.37. The molecule has 2 aliphatic rings. The van der Waals surface area contributed by atoms with Crippen LogP contribution >= 0.6 is 11.3 Å². The van der Waals surface area contributed by atoms with Gasteiger partial charge in [0.1, 0.15) is 0 Å². The highest BCUT2D eigenvalue weighted by atomic mass is 32.1. The van der Waals surface area contributed by atoms with Crippen molar-refractivity contribution in [2.24, 2.45) is 10.8 Å². The van der Waals surface area contributed by atoms with Gasteiger partial charge in [-0.2, -0.15) is 0 Å². The highest BCUT2D eigenvalue weighted by Crippen LogP contribution is 2.45. The summed E-state index contributed by atoms with van der Waals surface area (Å²) in [5, 5.41) is 4.75. The summed E-state index contributed by atoms with van der Waals surface area (Å²) in [4.78, 5) is 9.01. The minimum absolute atomic E-state index is 0.357. The molecule has 1 saturated heterocycles. The predicted octanol–water partition coefficient (Wildman–Crippen LogP) is 4.00. The summed E-state index contributed by atoms with van der Waals surface area (Å²) in [5.41, 5.74) is 2.20. The van der Waals surface area contributed by atoms with Gasteiger partial charge in [0.05, 0.1) is 5.69 Å². The largest absolute Gasteiger partial charge is 0.348 e. The lowest BCUT2D eigenvalue weighted by molar-refractivity contribution is 0.265. The molecule has 1 unspecified atom stereocenters. The van der Waals surface area contributed by atoms with Gasteiger partial charge in [-0.15, -0.1) is 0 Å². The van der Waals surface area contributed by atoms with Crippen LogP contribution in [-0.4, -0.2) is 25.1 Å². The zero-order valence-corrected chi connectivity index (χ0v) is 14.9. The number of nitrogens with one attached hydrogen (secondary N) is 1. The Hall–Kier alpha value is -0.610. The fourth-order valence-corrected chi connectivity index (χ4v) is 4.84. The van der Waals surface area contributed by atoms with E-state index in [2.05, 4.69) is 45.0 Å². The van der Waals surface area contributed by atoms with Gasteiger partial charge >= 0.3 is 0 Å². The highest BCUT2D eigenvalue weighted by molar-refractivity contribution is 7.15. The zero-order chi connectivity index (χ0) is 15.3. The number of piperidine rings is 1. The first kappa shape index (κ1) is 15.3. The van der Waals surface area contributed by atoms with Gasteiger partial charge in [0, 0.05) is 24.0 Å². The molecule has 3 rings (SSSR count). The van der Waals surface area contributed by atoms with E-state index >= 15 is 0 Å². The second-order valence-electron chi connectivity index (χ2n) is 8.35. The van der Waals surface area contributed by atoms with Crippen LogP contribution in [0.2, 0.25) is 0 Å². The van der Waals surface area contributed by atoms with Crippen LogP contribution in [0.5, 0.6) is 0 Å². The monoisotopic (exact) mass is 307 g/mol. The van der Waals surface area contributed by atoms with E-state index in [1.54, 1.807) is 0 Å². The van der Waals surface area contributed by atoms with Crippen LogP contribution in [0.25, 0.3) is 0 Å². The predicted molar refractivity (Wildman–Crippen MR) is 91.2 cm³/mol. The fraction of sp³-hybridized carbons (Fsp3) is 0.824. The van der Waals surface area contributed by atoms with Gasteiger partial charge in [-0.3, -0.25) is 0 Å². The van der Waals surface area contributed by atoms with Crippen molar-refractivity contribution < 1.29 is 0 Å². The SMILES string of the molecule is CNC1CC(C)(C)Cc2nc(N3CCC(C)(C)CC3)sc21.